The van der Waals surface area contributed by atoms with Crippen LogP contribution in [-0.2, 0) is 14.3 Å². The van der Waals surface area contributed by atoms with E-state index in [1.165, 1.54) is 31.8 Å². The molecule has 114 valence electrons. The van der Waals surface area contributed by atoms with E-state index in [-0.39, 0.29) is 5.57 Å². The third-order valence-corrected chi connectivity index (χ3v) is 3.96. The van der Waals surface area contributed by atoms with Gasteiger partial charge in [-0.25, -0.2) is 9.78 Å². The fourth-order valence-corrected chi connectivity index (χ4v) is 2.87. The Morgan fingerprint density at radius 2 is 1.95 bits per heavy atom. The summed E-state index contributed by atoms with van der Waals surface area (Å²) in [7, 11) is 2.78. The van der Waals surface area contributed by atoms with Crippen LogP contribution >= 0.6 is 22.9 Å². The first-order valence-electron chi connectivity index (χ1n) is 6.36. The molecule has 0 N–H and O–H groups in total. The van der Waals surface area contributed by atoms with Gasteiger partial charge in [-0.1, -0.05) is 48.0 Å². The molecule has 0 fully saturated rings. The Hall–Kier alpha value is -2.11. The van der Waals surface area contributed by atoms with Crippen LogP contribution < -0.4 is 0 Å². The number of methoxy groups -OCH3 is 2. The van der Waals surface area contributed by atoms with Gasteiger partial charge in [0.1, 0.15) is 5.57 Å². The standard InChI is InChI=1S/C16H14ClNO3S/c1-20-10-12(15(19)21-2)14-13(18-16(17)22-14)9-8-11-6-4-3-5-7-11/h3-10H,1-2H3. The van der Waals surface area contributed by atoms with Gasteiger partial charge < -0.3 is 9.47 Å². The number of carbonyl (C=O) groups excluding carboxylic acids is 1. The van der Waals surface area contributed by atoms with Gasteiger partial charge in [-0.3, -0.25) is 0 Å². The lowest BCUT2D eigenvalue weighted by atomic mass is 10.1. The highest BCUT2D eigenvalue weighted by Crippen LogP contribution is 2.31. The van der Waals surface area contributed by atoms with Crippen molar-refractivity contribution in [2.75, 3.05) is 14.2 Å². The van der Waals surface area contributed by atoms with Gasteiger partial charge >= 0.3 is 5.97 Å². The summed E-state index contributed by atoms with van der Waals surface area (Å²) in [4.78, 5) is 16.7. The molecule has 0 radical (unpaired) electrons. The first-order valence-corrected chi connectivity index (χ1v) is 7.56. The molecule has 0 aliphatic carbocycles. The summed E-state index contributed by atoms with van der Waals surface area (Å²) in [5.41, 5.74) is 1.89. The Kier molecular flexibility index (Phi) is 5.75. The molecule has 0 aliphatic heterocycles. The van der Waals surface area contributed by atoms with Crippen LogP contribution in [0, 0.1) is 0 Å². The molecule has 1 aromatic carbocycles. The maximum Gasteiger partial charge on any atom is 0.342 e. The first-order chi connectivity index (χ1) is 10.7. The Morgan fingerprint density at radius 1 is 1.23 bits per heavy atom. The highest BCUT2D eigenvalue weighted by atomic mass is 35.5. The lowest BCUT2D eigenvalue weighted by Gasteiger charge is -2.03. The zero-order valence-electron chi connectivity index (χ0n) is 12.1. The summed E-state index contributed by atoms with van der Waals surface area (Å²) < 4.78 is 10.1. The van der Waals surface area contributed by atoms with Crippen LogP contribution in [0.25, 0.3) is 17.7 Å². The molecule has 4 nitrogen and oxygen atoms in total. The molecule has 0 saturated heterocycles. The van der Waals surface area contributed by atoms with Crippen molar-refractivity contribution in [3.05, 3.63) is 57.2 Å². The highest BCUT2D eigenvalue weighted by Gasteiger charge is 2.20. The zero-order chi connectivity index (χ0) is 15.9. The van der Waals surface area contributed by atoms with Gasteiger partial charge in [0.15, 0.2) is 4.47 Å². The number of rotatable bonds is 5. The Bertz CT molecular complexity index is 707. The molecule has 0 bridgehead atoms. The normalized spacial score (nSPS) is 11.7. The molecule has 0 atom stereocenters. The summed E-state index contributed by atoms with van der Waals surface area (Å²) in [6.45, 7) is 0. The number of thiazole rings is 1. The molecule has 0 spiro atoms. The van der Waals surface area contributed by atoms with Crippen LogP contribution in [0.2, 0.25) is 4.47 Å². The fourth-order valence-electron chi connectivity index (χ4n) is 1.77. The number of hydrogen-bond donors (Lipinski definition) is 0. The average molecular weight is 336 g/mol. The molecule has 2 rings (SSSR count). The van der Waals surface area contributed by atoms with E-state index in [0.717, 1.165) is 5.56 Å². The predicted molar refractivity (Wildman–Crippen MR) is 89.5 cm³/mol. The second-order valence-electron chi connectivity index (χ2n) is 4.18. The van der Waals surface area contributed by atoms with Crippen molar-refractivity contribution in [2.24, 2.45) is 0 Å². The van der Waals surface area contributed by atoms with Gasteiger partial charge in [-0.2, -0.15) is 0 Å². The van der Waals surface area contributed by atoms with Gasteiger partial charge in [-0.15, -0.1) is 11.3 Å². The zero-order valence-corrected chi connectivity index (χ0v) is 13.6. The van der Waals surface area contributed by atoms with E-state index in [1.807, 2.05) is 36.4 Å². The number of aromatic nitrogens is 1. The molecule has 1 heterocycles. The van der Waals surface area contributed by atoms with Crippen LogP contribution in [-0.4, -0.2) is 25.2 Å². The number of halogens is 1. The second kappa shape index (κ2) is 7.77. The monoisotopic (exact) mass is 335 g/mol. The molecule has 6 heteroatoms. The molecule has 0 saturated carbocycles. The summed E-state index contributed by atoms with van der Waals surface area (Å²) >= 11 is 7.19. The third-order valence-electron chi connectivity index (χ3n) is 2.75. The minimum Gasteiger partial charge on any atom is -0.503 e. The topological polar surface area (TPSA) is 48.4 Å². The van der Waals surface area contributed by atoms with Gasteiger partial charge in [0.2, 0.25) is 0 Å². The Balaban J connectivity index is 2.39. The molecule has 0 amide bonds. The maximum absolute atomic E-state index is 11.9. The quantitative estimate of drug-likeness (QED) is 0.468. The Morgan fingerprint density at radius 3 is 2.59 bits per heavy atom. The largest absolute Gasteiger partial charge is 0.503 e. The van der Waals surface area contributed by atoms with Crippen molar-refractivity contribution < 1.29 is 14.3 Å². The molecular weight excluding hydrogens is 322 g/mol. The van der Waals surface area contributed by atoms with Crippen LogP contribution in [0.4, 0.5) is 0 Å². The van der Waals surface area contributed by atoms with E-state index < -0.39 is 5.97 Å². The predicted octanol–water partition coefficient (Wildman–Crippen LogP) is 4.13. The van der Waals surface area contributed by atoms with Crippen LogP contribution in [0.1, 0.15) is 16.1 Å². The van der Waals surface area contributed by atoms with E-state index in [9.17, 15) is 4.79 Å². The number of nitrogens with zero attached hydrogens (tertiary/aromatic N) is 1. The molecule has 0 unspecified atom stereocenters. The maximum atomic E-state index is 11.9. The van der Waals surface area contributed by atoms with Crippen molar-refractivity contribution in [1.82, 2.24) is 4.98 Å². The summed E-state index contributed by atoms with van der Waals surface area (Å²) in [5, 5.41) is 0. The average Bonchev–Trinajstić information content (AvgIpc) is 2.91. The minimum atomic E-state index is -0.503. The van der Waals surface area contributed by atoms with Gasteiger partial charge in [-0.05, 0) is 11.6 Å². The van der Waals surface area contributed by atoms with Gasteiger partial charge in [0, 0.05) is 0 Å². The van der Waals surface area contributed by atoms with E-state index >= 15 is 0 Å². The van der Waals surface area contributed by atoms with Crippen molar-refractivity contribution in [1.29, 1.82) is 0 Å². The van der Waals surface area contributed by atoms with E-state index in [0.29, 0.717) is 15.0 Å². The summed E-state index contributed by atoms with van der Waals surface area (Å²) in [5.74, 6) is -0.503. The SMILES string of the molecule is COC=C(C(=O)OC)c1sc(Cl)nc1C=Cc1ccccc1. The fraction of sp³-hybridized carbons (Fsp3) is 0.125. The van der Waals surface area contributed by atoms with Crippen molar-refractivity contribution in [3.63, 3.8) is 0 Å². The smallest absolute Gasteiger partial charge is 0.342 e. The van der Waals surface area contributed by atoms with Gasteiger partial charge in [0.05, 0.1) is 31.1 Å². The molecular formula is C16H14ClNO3S. The van der Waals surface area contributed by atoms with Crippen molar-refractivity contribution >= 4 is 46.6 Å². The van der Waals surface area contributed by atoms with Gasteiger partial charge in [0.25, 0.3) is 0 Å². The van der Waals surface area contributed by atoms with E-state index in [2.05, 4.69) is 4.98 Å². The van der Waals surface area contributed by atoms with Crippen molar-refractivity contribution in [2.45, 2.75) is 0 Å². The number of hydrogen-bond acceptors (Lipinski definition) is 5. The van der Waals surface area contributed by atoms with E-state index in [1.54, 1.807) is 6.08 Å². The highest BCUT2D eigenvalue weighted by molar-refractivity contribution is 7.17. The van der Waals surface area contributed by atoms with E-state index in [4.69, 9.17) is 21.1 Å². The van der Waals surface area contributed by atoms with Crippen molar-refractivity contribution in [3.8, 4) is 0 Å². The number of ether oxygens (including phenoxy) is 2. The lowest BCUT2D eigenvalue weighted by molar-refractivity contribution is -0.133. The van der Waals surface area contributed by atoms with Crippen LogP contribution in [0.5, 0.6) is 0 Å². The second-order valence-corrected chi connectivity index (χ2v) is 5.77. The molecule has 0 aliphatic rings. The summed E-state index contributed by atoms with van der Waals surface area (Å²) in [6.07, 6.45) is 5.03. The number of esters is 1. The lowest BCUT2D eigenvalue weighted by Crippen LogP contribution is -2.04. The van der Waals surface area contributed by atoms with Crippen LogP contribution in [0.3, 0.4) is 0 Å². The molecule has 2 aromatic rings. The summed E-state index contributed by atoms with van der Waals surface area (Å²) in [6, 6.07) is 9.77. The Labute approximate surface area is 137 Å². The number of benzene rings is 1. The third kappa shape index (κ3) is 3.96. The van der Waals surface area contributed by atoms with Crippen LogP contribution in [0.15, 0.2) is 36.6 Å². The molecule has 22 heavy (non-hydrogen) atoms. The number of carbonyl (C=O) groups is 1. The minimum absolute atomic E-state index is 0.280. The first kappa shape index (κ1) is 16.3. The molecule has 1 aromatic heterocycles.